The Kier molecular flexibility index (Phi) is 4.86. The molecule has 0 aliphatic carbocycles. The average molecular weight is 377 g/mol. The zero-order valence-corrected chi connectivity index (χ0v) is 15.8. The molecule has 3 aromatic rings. The first-order chi connectivity index (χ1) is 13.6. The zero-order chi connectivity index (χ0) is 19.7. The van der Waals surface area contributed by atoms with Gasteiger partial charge in [0.1, 0.15) is 5.82 Å². The van der Waals surface area contributed by atoms with Gasteiger partial charge in [-0.2, -0.15) is 0 Å². The van der Waals surface area contributed by atoms with Crippen LogP contribution in [0.15, 0.2) is 48.5 Å². The highest BCUT2D eigenvalue weighted by molar-refractivity contribution is 5.97. The van der Waals surface area contributed by atoms with E-state index in [0.29, 0.717) is 24.7 Å². The number of fused-ring (bicyclic) bond motifs is 1. The van der Waals surface area contributed by atoms with Crippen LogP contribution >= 0.6 is 0 Å². The lowest BCUT2D eigenvalue weighted by molar-refractivity contribution is 0.0695. The minimum Gasteiger partial charge on any atom is -0.478 e. The molecule has 0 radical (unpaired) electrons. The maximum atomic E-state index is 12.8. The Morgan fingerprint density at radius 2 is 1.79 bits per heavy atom. The molecule has 1 fully saturated rings. The first-order valence-corrected chi connectivity index (χ1v) is 9.67. The molecule has 144 valence electrons. The summed E-state index contributed by atoms with van der Waals surface area (Å²) in [5.41, 5.74) is 2.74. The van der Waals surface area contributed by atoms with Gasteiger partial charge in [0.15, 0.2) is 0 Å². The molecule has 4 rings (SSSR count). The maximum Gasteiger partial charge on any atom is 0.335 e. The number of para-hydroxylation sites is 2. The predicted molar refractivity (Wildman–Crippen MR) is 107 cm³/mol. The molecule has 2 aromatic carbocycles. The number of amides is 1. The summed E-state index contributed by atoms with van der Waals surface area (Å²) in [5, 5.41) is 9.14. The van der Waals surface area contributed by atoms with E-state index in [1.165, 1.54) is 12.1 Å². The quantitative estimate of drug-likeness (QED) is 0.751. The SMILES string of the molecule is CCc1nc2ccccc2n1C1CCN(C(=O)c2cccc(C(=O)O)c2)CC1. The third kappa shape index (κ3) is 3.26. The number of carboxylic acid groups (broad SMARTS) is 1. The van der Waals surface area contributed by atoms with Gasteiger partial charge in [0.05, 0.1) is 16.6 Å². The number of aromatic nitrogens is 2. The molecule has 1 N–H and O–H groups in total. The lowest BCUT2D eigenvalue weighted by atomic mass is 10.0. The summed E-state index contributed by atoms with van der Waals surface area (Å²) < 4.78 is 2.34. The lowest BCUT2D eigenvalue weighted by Crippen LogP contribution is -2.39. The van der Waals surface area contributed by atoms with Gasteiger partial charge in [-0.3, -0.25) is 4.79 Å². The molecular weight excluding hydrogens is 354 g/mol. The average Bonchev–Trinajstić information content (AvgIpc) is 3.12. The van der Waals surface area contributed by atoms with E-state index in [9.17, 15) is 9.59 Å². The molecule has 0 bridgehead atoms. The number of piperidine rings is 1. The third-order valence-corrected chi connectivity index (χ3v) is 5.46. The van der Waals surface area contributed by atoms with E-state index >= 15 is 0 Å². The van der Waals surface area contributed by atoms with Gasteiger partial charge in [-0.1, -0.05) is 25.1 Å². The van der Waals surface area contributed by atoms with Crippen molar-refractivity contribution in [3.05, 3.63) is 65.5 Å². The van der Waals surface area contributed by atoms with Crippen molar-refractivity contribution in [3.63, 3.8) is 0 Å². The molecule has 1 aromatic heterocycles. The number of benzene rings is 2. The number of carboxylic acids is 1. The number of hydrogen-bond donors (Lipinski definition) is 1. The van der Waals surface area contributed by atoms with E-state index < -0.39 is 5.97 Å². The first kappa shape index (κ1) is 18.2. The molecule has 6 heteroatoms. The van der Waals surface area contributed by atoms with Crippen LogP contribution in [0.1, 0.15) is 52.3 Å². The van der Waals surface area contributed by atoms with Crippen LogP contribution < -0.4 is 0 Å². The number of likely N-dealkylation sites (tertiary alicyclic amines) is 1. The first-order valence-electron chi connectivity index (χ1n) is 9.67. The molecule has 0 saturated carbocycles. The lowest BCUT2D eigenvalue weighted by Gasteiger charge is -2.33. The second-order valence-corrected chi connectivity index (χ2v) is 7.15. The molecule has 0 unspecified atom stereocenters. The molecule has 6 nitrogen and oxygen atoms in total. The fourth-order valence-electron chi connectivity index (χ4n) is 4.05. The number of imidazole rings is 1. The molecule has 1 aliphatic heterocycles. The Labute approximate surface area is 163 Å². The number of aromatic carboxylic acids is 1. The van der Waals surface area contributed by atoms with Crippen molar-refractivity contribution in [1.82, 2.24) is 14.5 Å². The number of carbonyl (C=O) groups is 2. The van der Waals surface area contributed by atoms with E-state index in [2.05, 4.69) is 17.6 Å². The number of aryl methyl sites for hydroxylation is 1. The fraction of sp³-hybridized carbons (Fsp3) is 0.318. The second-order valence-electron chi connectivity index (χ2n) is 7.15. The van der Waals surface area contributed by atoms with Crippen LogP contribution in [0.3, 0.4) is 0 Å². The highest BCUT2D eigenvalue weighted by atomic mass is 16.4. The van der Waals surface area contributed by atoms with Crippen molar-refractivity contribution in [2.75, 3.05) is 13.1 Å². The predicted octanol–water partition coefficient (Wildman–Crippen LogP) is 3.77. The van der Waals surface area contributed by atoms with Gasteiger partial charge >= 0.3 is 5.97 Å². The van der Waals surface area contributed by atoms with Crippen molar-refractivity contribution < 1.29 is 14.7 Å². The van der Waals surface area contributed by atoms with Crippen molar-refractivity contribution >= 4 is 22.9 Å². The Morgan fingerprint density at radius 3 is 2.50 bits per heavy atom. The Bertz CT molecular complexity index is 1030. The summed E-state index contributed by atoms with van der Waals surface area (Å²) in [5.74, 6) is -0.0414. The molecule has 1 saturated heterocycles. The van der Waals surface area contributed by atoms with Crippen molar-refractivity contribution in [2.24, 2.45) is 0 Å². The van der Waals surface area contributed by atoms with Crippen LogP contribution in [0.5, 0.6) is 0 Å². The second kappa shape index (κ2) is 7.46. The maximum absolute atomic E-state index is 12.8. The Balaban J connectivity index is 1.52. The van der Waals surface area contributed by atoms with Crippen LogP contribution in [-0.4, -0.2) is 44.5 Å². The van der Waals surface area contributed by atoms with E-state index in [1.54, 1.807) is 12.1 Å². The van der Waals surface area contributed by atoms with Gasteiger partial charge in [-0.05, 0) is 43.2 Å². The van der Waals surface area contributed by atoms with Crippen LogP contribution in [0.2, 0.25) is 0 Å². The Morgan fingerprint density at radius 1 is 1.07 bits per heavy atom. The monoisotopic (exact) mass is 377 g/mol. The summed E-state index contributed by atoms with van der Waals surface area (Å²) in [6, 6.07) is 14.8. The Hall–Kier alpha value is -3.15. The zero-order valence-electron chi connectivity index (χ0n) is 15.8. The van der Waals surface area contributed by atoms with Gasteiger partial charge in [-0.15, -0.1) is 0 Å². The van der Waals surface area contributed by atoms with E-state index in [-0.39, 0.29) is 11.5 Å². The third-order valence-electron chi connectivity index (χ3n) is 5.46. The number of hydrogen-bond acceptors (Lipinski definition) is 3. The summed E-state index contributed by atoms with van der Waals surface area (Å²) in [6.45, 7) is 3.42. The standard InChI is InChI=1S/C22H23N3O3/c1-2-20-23-18-8-3-4-9-19(18)25(20)17-10-12-24(13-11-17)21(26)15-6-5-7-16(14-15)22(27)28/h3-9,14,17H,2,10-13H2,1H3,(H,27,28). The largest absolute Gasteiger partial charge is 0.478 e. The fourth-order valence-corrected chi connectivity index (χ4v) is 4.05. The summed E-state index contributed by atoms with van der Waals surface area (Å²) in [7, 11) is 0. The summed E-state index contributed by atoms with van der Waals surface area (Å²) in [6.07, 6.45) is 2.59. The normalized spacial score (nSPS) is 15.1. The number of nitrogens with zero attached hydrogens (tertiary/aromatic N) is 3. The number of rotatable bonds is 4. The van der Waals surface area contributed by atoms with Gasteiger partial charge in [0, 0.05) is 31.1 Å². The van der Waals surface area contributed by atoms with E-state index in [4.69, 9.17) is 10.1 Å². The minimum absolute atomic E-state index is 0.104. The molecule has 28 heavy (non-hydrogen) atoms. The highest BCUT2D eigenvalue weighted by Gasteiger charge is 2.27. The highest BCUT2D eigenvalue weighted by Crippen LogP contribution is 2.29. The van der Waals surface area contributed by atoms with Gasteiger partial charge in [0.25, 0.3) is 5.91 Å². The topological polar surface area (TPSA) is 75.4 Å². The molecule has 0 spiro atoms. The van der Waals surface area contributed by atoms with Crippen LogP contribution in [0, 0.1) is 0 Å². The molecule has 2 heterocycles. The van der Waals surface area contributed by atoms with E-state index in [0.717, 1.165) is 36.1 Å². The van der Waals surface area contributed by atoms with Crippen molar-refractivity contribution in [2.45, 2.75) is 32.2 Å². The minimum atomic E-state index is -1.02. The van der Waals surface area contributed by atoms with Crippen LogP contribution in [-0.2, 0) is 6.42 Å². The number of carbonyl (C=O) groups excluding carboxylic acids is 1. The van der Waals surface area contributed by atoms with Crippen molar-refractivity contribution in [3.8, 4) is 0 Å². The molecule has 1 amide bonds. The van der Waals surface area contributed by atoms with E-state index in [1.807, 2.05) is 23.1 Å². The summed E-state index contributed by atoms with van der Waals surface area (Å²) >= 11 is 0. The molecular formula is C22H23N3O3. The van der Waals surface area contributed by atoms with Gasteiger partial charge < -0.3 is 14.6 Å². The van der Waals surface area contributed by atoms with Crippen LogP contribution in [0.25, 0.3) is 11.0 Å². The van der Waals surface area contributed by atoms with Crippen molar-refractivity contribution in [1.29, 1.82) is 0 Å². The van der Waals surface area contributed by atoms with Crippen LogP contribution in [0.4, 0.5) is 0 Å². The smallest absolute Gasteiger partial charge is 0.335 e. The van der Waals surface area contributed by atoms with Gasteiger partial charge in [-0.25, -0.2) is 9.78 Å². The molecule has 0 atom stereocenters. The summed E-state index contributed by atoms with van der Waals surface area (Å²) in [4.78, 5) is 30.6. The van der Waals surface area contributed by atoms with Gasteiger partial charge in [0.2, 0.25) is 0 Å². The molecule has 1 aliphatic rings.